The zero-order valence-corrected chi connectivity index (χ0v) is 9.90. The molecule has 0 N–H and O–H groups in total. The number of hydrogen-bond donors (Lipinski definition) is 0. The third-order valence-corrected chi connectivity index (χ3v) is 2.66. The molecular weight excluding hydrogens is 267 g/mol. The molecule has 1 aromatic carbocycles. The summed E-state index contributed by atoms with van der Waals surface area (Å²) in [6.07, 6.45) is 0.312. The zero-order chi connectivity index (χ0) is 12.6. The first kappa shape index (κ1) is 11.9. The van der Waals surface area contributed by atoms with Crippen molar-refractivity contribution in [1.82, 2.24) is 4.90 Å². The number of carbonyl (C=O) groups excluding carboxylic acids is 3. The number of carbonyl (C=O) groups is 3. The lowest BCUT2D eigenvalue weighted by molar-refractivity contribution is -0.121. The Kier molecular flexibility index (Phi) is 3.04. The molecule has 88 valence electrons. The molecule has 1 aromatic rings. The maximum Gasteiger partial charge on any atom is 0.338 e. The van der Waals surface area contributed by atoms with Gasteiger partial charge in [0.2, 0.25) is 6.41 Å². The Morgan fingerprint density at radius 1 is 1.12 bits per heavy atom. The van der Waals surface area contributed by atoms with Gasteiger partial charge < -0.3 is 0 Å². The lowest BCUT2D eigenvalue weighted by Gasteiger charge is -2.14. The summed E-state index contributed by atoms with van der Waals surface area (Å²) in [5, 5.41) is 0.607. The van der Waals surface area contributed by atoms with Gasteiger partial charge in [-0.2, -0.15) is 0 Å². The van der Waals surface area contributed by atoms with E-state index in [0.29, 0.717) is 16.5 Å². The van der Waals surface area contributed by atoms with Crippen LogP contribution in [0.4, 0.5) is 10.5 Å². The minimum Gasteiger partial charge on any atom is -0.278 e. The summed E-state index contributed by atoms with van der Waals surface area (Å²) < 4.78 is 0. The van der Waals surface area contributed by atoms with E-state index in [1.165, 1.54) is 18.2 Å². The van der Waals surface area contributed by atoms with Gasteiger partial charge in [0.25, 0.3) is 5.91 Å². The van der Waals surface area contributed by atoms with Crippen LogP contribution in [0.25, 0.3) is 0 Å². The van der Waals surface area contributed by atoms with Gasteiger partial charge in [0.05, 0.1) is 5.69 Å². The third kappa shape index (κ3) is 2.11. The molecule has 4 amide bonds. The van der Waals surface area contributed by atoms with Crippen LogP contribution in [-0.4, -0.2) is 29.8 Å². The van der Waals surface area contributed by atoms with Gasteiger partial charge >= 0.3 is 6.03 Å². The Hall–Kier alpha value is -1.59. The second kappa shape index (κ2) is 4.35. The molecule has 1 saturated heterocycles. The Morgan fingerprint density at radius 3 is 2.18 bits per heavy atom. The molecule has 1 heterocycles. The molecule has 2 rings (SSSR count). The molecule has 5 nitrogen and oxygen atoms in total. The average molecular weight is 273 g/mol. The van der Waals surface area contributed by atoms with Gasteiger partial charge in [-0.15, -0.1) is 0 Å². The summed E-state index contributed by atoms with van der Waals surface area (Å²) >= 11 is 11.6. The Labute approximate surface area is 106 Å². The minimum atomic E-state index is -0.705. The SMILES string of the molecule is O=CN1CC(=O)N(c2cc(Cl)cc(Cl)c2)C1=O. The molecule has 0 saturated carbocycles. The smallest absolute Gasteiger partial charge is 0.278 e. The topological polar surface area (TPSA) is 57.7 Å². The predicted octanol–water partition coefficient (Wildman–Crippen LogP) is 1.92. The highest BCUT2D eigenvalue weighted by Crippen LogP contribution is 2.28. The summed E-state index contributed by atoms with van der Waals surface area (Å²) in [4.78, 5) is 35.5. The fourth-order valence-electron chi connectivity index (χ4n) is 1.52. The van der Waals surface area contributed by atoms with Crippen molar-refractivity contribution < 1.29 is 14.4 Å². The fourth-order valence-corrected chi connectivity index (χ4v) is 2.04. The number of nitrogens with zero attached hydrogens (tertiary/aromatic N) is 2. The van der Waals surface area contributed by atoms with Gasteiger partial charge in [0.15, 0.2) is 0 Å². The van der Waals surface area contributed by atoms with Crippen LogP contribution >= 0.6 is 23.2 Å². The second-order valence-electron chi connectivity index (χ2n) is 3.37. The van der Waals surface area contributed by atoms with Crippen LogP contribution in [-0.2, 0) is 9.59 Å². The van der Waals surface area contributed by atoms with Crippen molar-refractivity contribution in [2.24, 2.45) is 0 Å². The standard InChI is InChI=1S/C10H6Cl2N2O3/c11-6-1-7(12)3-8(2-6)14-9(16)4-13(5-15)10(14)17/h1-3,5H,4H2. The highest BCUT2D eigenvalue weighted by molar-refractivity contribution is 6.35. The van der Waals surface area contributed by atoms with E-state index in [1.807, 2.05) is 0 Å². The van der Waals surface area contributed by atoms with Gasteiger partial charge in [-0.05, 0) is 18.2 Å². The van der Waals surface area contributed by atoms with E-state index in [2.05, 4.69) is 0 Å². The number of benzene rings is 1. The van der Waals surface area contributed by atoms with Crippen LogP contribution in [0, 0.1) is 0 Å². The van der Waals surface area contributed by atoms with Crippen molar-refractivity contribution in [3.8, 4) is 0 Å². The van der Waals surface area contributed by atoms with Crippen molar-refractivity contribution in [3.63, 3.8) is 0 Å². The number of halogens is 2. The Bertz CT molecular complexity index is 498. The van der Waals surface area contributed by atoms with E-state index in [9.17, 15) is 14.4 Å². The first-order valence-electron chi connectivity index (χ1n) is 4.58. The summed E-state index contributed by atoms with van der Waals surface area (Å²) in [5.41, 5.74) is 0.252. The monoisotopic (exact) mass is 272 g/mol. The molecular formula is C10H6Cl2N2O3. The average Bonchev–Trinajstić information content (AvgIpc) is 2.52. The van der Waals surface area contributed by atoms with Crippen molar-refractivity contribution in [2.75, 3.05) is 11.4 Å². The van der Waals surface area contributed by atoms with Crippen LogP contribution < -0.4 is 4.90 Å². The zero-order valence-electron chi connectivity index (χ0n) is 8.39. The van der Waals surface area contributed by atoms with Gasteiger partial charge in [0, 0.05) is 10.0 Å². The summed E-state index contributed by atoms with van der Waals surface area (Å²) in [5.74, 6) is -0.500. The lowest BCUT2D eigenvalue weighted by Crippen LogP contribution is -2.32. The highest BCUT2D eigenvalue weighted by Gasteiger charge is 2.37. The van der Waals surface area contributed by atoms with Crippen LogP contribution in [0.3, 0.4) is 0 Å². The highest BCUT2D eigenvalue weighted by atomic mass is 35.5. The van der Waals surface area contributed by atoms with Crippen molar-refractivity contribution in [1.29, 1.82) is 0 Å². The first-order valence-corrected chi connectivity index (χ1v) is 5.33. The number of rotatable bonds is 2. The van der Waals surface area contributed by atoms with E-state index < -0.39 is 11.9 Å². The normalized spacial score (nSPS) is 15.6. The van der Waals surface area contributed by atoms with Crippen LogP contribution in [0.1, 0.15) is 0 Å². The maximum atomic E-state index is 11.7. The van der Waals surface area contributed by atoms with Crippen LogP contribution in [0.5, 0.6) is 0 Å². The van der Waals surface area contributed by atoms with Crippen molar-refractivity contribution in [3.05, 3.63) is 28.2 Å². The molecule has 0 atom stereocenters. The van der Waals surface area contributed by atoms with Crippen LogP contribution in [0.15, 0.2) is 18.2 Å². The van der Waals surface area contributed by atoms with Crippen molar-refractivity contribution in [2.45, 2.75) is 0 Å². The summed E-state index contributed by atoms with van der Waals surface area (Å²) in [7, 11) is 0. The van der Waals surface area contributed by atoms with E-state index >= 15 is 0 Å². The number of hydrogen-bond acceptors (Lipinski definition) is 3. The van der Waals surface area contributed by atoms with Gasteiger partial charge in [-0.3, -0.25) is 14.5 Å². The molecule has 0 spiro atoms. The number of amides is 4. The van der Waals surface area contributed by atoms with Gasteiger partial charge in [-0.25, -0.2) is 9.69 Å². The molecule has 17 heavy (non-hydrogen) atoms. The molecule has 1 aliphatic heterocycles. The van der Waals surface area contributed by atoms with E-state index in [0.717, 1.165) is 9.80 Å². The quantitative estimate of drug-likeness (QED) is 0.611. The van der Waals surface area contributed by atoms with E-state index in [-0.39, 0.29) is 12.2 Å². The molecule has 1 aliphatic rings. The van der Waals surface area contributed by atoms with Gasteiger partial charge in [-0.1, -0.05) is 23.2 Å². The van der Waals surface area contributed by atoms with E-state index in [4.69, 9.17) is 23.2 Å². The largest absolute Gasteiger partial charge is 0.338 e. The molecule has 7 heteroatoms. The predicted molar refractivity (Wildman–Crippen MR) is 62.1 cm³/mol. The molecule has 0 aliphatic carbocycles. The summed E-state index contributed by atoms with van der Waals surface area (Å²) in [6.45, 7) is -0.271. The fraction of sp³-hybridized carbons (Fsp3) is 0.100. The minimum absolute atomic E-state index is 0.252. The Morgan fingerprint density at radius 2 is 1.71 bits per heavy atom. The molecule has 0 aromatic heterocycles. The lowest BCUT2D eigenvalue weighted by atomic mass is 10.3. The molecule has 0 unspecified atom stereocenters. The maximum absolute atomic E-state index is 11.7. The Balaban J connectivity index is 2.43. The number of anilines is 1. The molecule has 1 fully saturated rings. The van der Waals surface area contributed by atoms with Crippen molar-refractivity contribution >= 4 is 47.2 Å². The number of imide groups is 2. The first-order chi connectivity index (χ1) is 8.02. The second-order valence-corrected chi connectivity index (χ2v) is 4.25. The molecule has 0 radical (unpaired) electrons. The van der Waals surface area contributed by atoms with Crippen LogP contribution in [0.2, 0.25) is 10.0 Å². The summed E-state index contributed by atoms with van der Waals surface area (Å²) in [6, 6.07) is 3.63. The van der Waals surface area contributed by atoms with Gasteiger partial charge in [0.1, 0.15) is 6.54 Å². The molecule has 0 bridgehead atoms. The third-order valence-electron chi connectivity index (χ3n) is 2.22. The number of urea groups is 1. The van der Waals surface area contributed by atoms with E-state index in [1.54, 1.807) is 0 Å².